The highest BCUT2D eigenvalue weighted by atomic mass is 16.4. The van der Waals surface area contributed by atoms with Gasteiger partial charge in [-0.25, -0.2) is 19.6 Å². The third-order valence-electron chi connectivity index (χ3n) is 7.52. The molecule has 0 radical (unpaired) electrons. The van der Waals surface area contributed by atoms with Crippen molar-refractivity contribution >= 4 is 28.9 Å². The standard InChI is InChI=1S/C32H31N7O5/c1-2-14-38-30-26(29(41)37-32(38)44)36-27(39(30)24-11-12-24)23-10-13-25(34-18-23)33-16-19-4-3-5-20(15-19)17-35-28(40)21-6-8-22(9-7-21)31(42)43/h3-10,13,15,18,24H,2,11-12,14,16-17H2,1H3,(H,33,34)(H,35,40)(H,42,43)(H,37,41,44). The summed E-state index contributed by atoms with van der Waals surface area (Å²) in [5.41, 5.74) is 3.09. The van der Waals surface area contributed by atoms with Gasteiger partial charge in [-0.15, -0.1) is 0 Å². The first kappa shape index (κ1) is 28.6. The van der Waals surface area contributed by atoms with Crippen LogP contribution in [0.4, 0.5) is 5.82 Å². The minimum atomic E-state index is -1.04. The van der Waals surface area contributed by atoms with E-state index in [1.165, 1.54) is 24.3 Å². The van der Waals surface area contributed by atoms with E-state index in [4.69, 9.17) is 5.11 Å². The third-order valence-corrected chi connectivity index (χ3v) is 7.52. The number of hydrogen-bond acceptors (Lipinski definition) is 7. The molecule has 1 saturated carbocycles. The first-order valence-electron chi connectivity index (χ1n) is 14.5. The Bertz CT molecular complexity index is 1970. The van der Waals surface area contributed by atoms with Gasteiger partial charge in [0.05, 0.1) is 5.56 Å². The molecule has 224 valence electrons. The Balaban J connectivity index is 1.13. The van der Waals surface area contributed by atoms with Crippen LogP contribution in [0.15, 0.2) is 76.4 Å². The summed E-state index contributed by atoms with van der Waals surface area (Å²) in [6, 6.07) is 17.5. The molecule has 0 atom stereocenters. The number of fused-ring (bicyclic) bond motifs is 1. The molecule has 12 nitrogen and oxygen atoms in total. The molecule has 3 heterocycles. The maximum atomic E-state index is 12.7. The van der Waals surface area contributed by atoms with Gasteiger partial charge in [0.2, 0.25) is 0 Å². The molecule has 3 aromatic heterocycles. The fourth-order valence-electron chi connectivity index (χ4n) is 5.19. The molecule has 0 spiro atoms. The van der Waals surface area contributed by atoms with Crippen molar-refractivity contribution in [3.63, 3.8) is 0 Å². The lowest BCUT2D eigenvalue weighted by Gasteiger charge is -2.12. The summed E-state index contributed by atoms with van der Waals surface area (Å²) in [5.74, 6) is -0.0499. The number of H-pyrrole nitrogens is 1. The number of hydrogen-bond donors (Lipinski definition) is 4. The molecule has 1 aliphatic carbocycles. The summed E-state index contributed by atoms with van der Waals surface area (Å²) < 4.78 is 3.62. The molecule has 0 bridgehead atoms. The number of anilines is 1. The lowest BCUT2D eigenvalue weighted by molar-refractivity contribution is 0.0696. The molecule has 6 rings (SSSR count). The van der Waals surface area contributed by atoms with E-state index in [2.05, 4.69) is 25.6 Å². The van der Waals surface area contributed by atoms with Gasteiger partial charge in [0, 0.05) is 43.0 Å². The monoisotopic (exact) mass is 593 g/mol. The average molecular weight is 594 g/mol. The number of pyridine rings is 1. The summed E-state index contributed by atoms with van der Waals surface area (Å²) in [4.78, 5) is 60.4. The lowest BCUT2D eigenvalue weighted by Crippen LogP contribution is -2.31. The number of benzene rings is 2. The Hall–Kier alpha value is -5.52. The predicted octanol–water partition coefficient (Wildman–Crippen LogP) is 3.93. The molecule has 4 N–H and O–H groups in total. The molecular weight excluding hydrogens is 562 g/mol. The van der Waals surface area contributed by atoms with E-state index in [1.54, 1.807) is 10.8 Å². The van der Waals surface area contributed by atoms with E-state index in [1.807, 2.05) is 47.9 Å². The number of aromatic nitrogens is 5. The molecule has 44 heavy (non-hydrogen) atoms. The number of carboxylic acid groups (broad SMARTS) is 1. The highest BCUT2D eigenvalue weighted by Crippen LogP contribution is 2.40. The van der Waals surface area contributed by atoms with Gasteiger partial charge >= 0.3 is 11.7 Å². The first-order chi connectivity index (χ1) is 21.3. The Kier molecular flexibility index (Phi) is 7.80. The number of amides is 1. The molecule has 1 aliphatic rings. The van der Waals surface area contributed by atoms with E-state index in [-0.39, 0.29) is 23.0 Å². The SMILES string of the molecule is CCCn1c(=O)[nH]c(=O)c2nc(-c3ccc(NCc4cccc(CNC(=O)c5ccc(C(=O)O)cc5)c4)nc3)n(C3CC3)c21. The summed E-state index contributed by atoms with van der Waals surface area (Å²) in [5, 5.41) is 15.2. The maximum Gasteiger partial charge on any atom is 0.335 e. The van der Waals surface area contributed by atoms with Crippen molar-refractivity contribution in [1.29, 1.82) is 0 Å². The zero-order valence-corrected chi connectivity index (χ0v) is 24.0. The molecule has 0 aliphatic heterocycles. The number of carbonyl (C=O) groups is 2. The fraction of sp³-hybridized carbons (Fsp3) is 0.250. The Morgan fingerprint density at radius 1 is 1.00 bits per heavy atom. The van der Waals surface area contributed by atoms with Gasteiger partial charge in [0.1, 0.15) is 11.6 Å². The second kappa shape index (κ2) is 12.0. The average Bonchev–Trinajstić information content (AvgIpc) is 3.80. The van der Waals surface area contributed by atoms with Crippen molar-refractivity contribution in [2.75, 3.05) is 5.32 Å². The zero-order chi connectivity index (χ0) is 30.8. The molecular formula is C32H31N7O5. The van der Waals surface area contributed by atoms with Gasteiger partial charge in [0.25, 0.3) is 11.5 Å². The fourth-order valence-corrected chi connectivity index (χ4v) is 5.19. The number of aromatic amines is 1. The Morgan fingerprint density at radius 3 is 2.39 bits per heavy atom. The van der Waals surface area contributed by atoms with Crippen LogP contribution in [0.5, 0.6) is 0 Å². The molecule has 2 aromatic carbocycles. The zero-order valence-electron chi connectivity index (χ0n) is 24.0. The normalized spacial score (nSPS) is 12.8. The quantitative estimate of drug-likeness (QED) is 0.179. The predicted molar refractivity (Wildman–Crippen MR) is 165 cm³/mol. The third kappa shape index (κ3) is 5.87. The van der Waals surface area contributed by atoms with Gasteiger partial charge in [-0.2, -0.15) is 0 Å². The number of aromatic carboxylic acids is 1. The summed E-state index contributed by atoms with van der Waals surface area (Å²) >= 11 is 0. The van der Waals surface area contributed by atoms with Gasteiger partial charge in [0.15, 0.2) is 11.2 Å². The molecule has 0 saturated heterocycles. The van der Waals surface area contributed by atoms with Gasteiger partial charge in [-0.1, -0.05) is 31.2 Å². The number of imidazole rings is 1. The largest absolute Gasteiger partial charge is 0.478 e. The second-order valence-electron chi connectivity index (χ2n) is 10.8. The van der Waals surface area contributed by atoms with Crippen molar-refractivity contribution < 1.29 is 14.7 Å². The minimum Gasteiger partial charge on any atom is -0.478 e. The molecule has 12 heteroatoms. The van der Waals surface area contributed by atoms with E-state index in [9.17, 15) is 19.2 Å². The van der Waals surface area contributed by atoms with Crippen LogP contribution in [0.1, 0.15) is 64.1 Å². The molecule has 1 amide bonds. The Morgan fingerprint density at radius 2 is 1.73 bits per heavy atom. The van der Waals surface area contributed by atoms with Gasteiger partial charge in [-0.3, -0.25) is 19.1 Å². The number of aryl methyl sites for hydroxylation is 1. The van der Waals surface area contributed by atoms with Crippen molar-refractivity contribution in [3.8, 4) is 11.4 Å². The maximum absolute atomic E-state index is 12.7. The number of rotatable bonds is 11. The van der Waals surface area contributed by atoms with E-state index < -0.39 is 17.2 Å². The van der Waals surface area contributed by atoms with E-state index >= 15 is 0 Å². The molecule has 0 unspecified atom stereocenters. The number of carbonyl (C=O) groups excluding carboxylic acids is 1. The molecule has 1 fully saturated rings. The van der Waals surface area contributed by atoms with Crippen LogP contribution in [0, 0.1) is 0 Å². The van der Waals surface area contributed by atoms with Crippen LogP contribution in [-0.2, 0) is 19.6 Å². The van der Waals surface area contributed by atoms with Gasteiger partial charge < -0.3 is 20.3 Å². The number of nitrogens with one attached hydrogen (secondary N) is 3. The van der Waals surface area contributed by atoms with E-state index in [0.717, 1.165) is 36.0 Å². The van der Waals surface area contributed by atoms with Crippen LogP contribution >= 0.6 is 0 Å². The number of nitrogens with zero attached hydrogens (tertiary/aromatic N) is 4. The molecule has 5 aromatic rings. The van der Waals surface area contributed by atoms with Crippen LogP contribution in [0.3, 0.4) is 0 Å². The second-order valence-corrected chi connectivity index (χ2v) is 10.8. The van der Waals surface area contributed by atoms with Crippen LogP contribution < -0.4 is 21.9 Å². The summed E-state index contributed by atoms with van der Waals surface area (Å²) in [7, 11) is 0. The topological polar surface area (TPSA) is 164 Å². The minimum absolute atomic E-state index is 0.125. The van der Waals surface area contributed by atoms with E-state index in [0.29, 0.717) is 42.5 Å². The highest BCUT2D eigenvalue weighted by molar-refractivity contribution is 5.95. The van der Waals surface area contributed by atoms with Crippen molar-refractivity contribution in [3.05, 3.63) is 110 Å². The summed E-state index contributed by atoms with van der Waals surface area (Å²) in [6.07, 6.45) is 4.38. The van der Waals surface area contributed by atoms with Crippen molar-refractivity contribution in [2.24, 2.45) is 0 Å². The number of carboxylic acids is 1. The summed E-state index contributed by atoms with van der Waals surface area (Å²) in [6.45, 7) is 3.29. The van der Waals surface area contributed by atoms with Crippen molar-refractivity contribution in [1.82, 2.24) is 29.4 Å². The Labute approximate surface area is 251 Å². The smallest absolute Gasteiger partial charge is 0.335 e. The lowest BCUT2D eigenvalue weighted by atomic mass is 10.1. The van der Waals surface area contributed by atoms with Crippen LogP contribution in [0.2, 0.25) is 0 Å². The van der Waals surface area contributed by atoms with Crippen LogP contribution in [-0.4, -0.2) is 41.1 Å². The van der Waals surface area contributed by atoms with Crippen molar-refractivity contribution in [2.45, 2.75) is 51.9 Å². The highest BCUT2D eigenvalue weighted by Gasteiger charge is 2.31. The first-order valence-corrected chi connectivity index (χ1v) is 14.5. The van der Waals surface area contributed by atoms with Crippen LogP contribution in [0.25, 0.3) is 22.6 Å². The van der Waals surface area contributed by atoms with Gasteiger partial charge in [-0.05, 0) is 66.8 Å².